The zero-order valence-electron chi connectivity index (χ0n) is 21.0. The highest BCUT2D eigenvalue weighted by molar-refractivity contribution is 6.31. The molecule has 33 heavy (non-hydrogen) atoms. The average Bonchev–Trinajstić information content (AvgIpc) is 3.01. The molecule has 0 radical (unpaired) electrons. The summed E-state index contributed by atoms with van der Waals surface area (Å²) in [5, 5.41) is 0.628. The Morgan fingerprint density at radius 3 is 2.55 bits per heavy atom. The van der Waals surface area contributed by atoms with Crippen LogP contribution in [0.1, 0.15) is 53.5 Å². The Hall–Kier alpha value is -1.83. The molecular weight excluding hydrogens is 442 g/mol. The molecule has 0 saturated carbocycles. The molecule has 2 aliphatic rings. The van der Waals surface area contributed by atoms with Crippen molar-refractivity contribution in [1.29, 1.82) is 0 Å². The normalized spacial score (nSPS) is 25.8. The van der Waals surface area contributed by atoms with E-state index in [1.165, 1.54) is 5.56 Å². The lowest BCUT2D eigenvalue weighted by Gasteiger charge is -2.45. The van der Waals surface area contributed by atoms with E-state index in [0.717, 1.165) is 12.1 Å². The van der Waals surface area contributed by atoms with Crippen LogP contribution in [-0.4, -0.2) is 79.4 Å². The Kier molecular flexibility index (Phi) is 7.66. The molecule has 1 unspecified atom stereocenters. The first kappa shape index (κ1) is 25.8. The SMILES string of the molecule is CCC1(C)CN(C(=O)CN2C[C@@H](C)N(C(=O)OC(C)(C)C)C[C@@H]2COC)c2cc(Cl)ccc21. The van der Waals surface area contributed by atoms with Gasteiger partial charge >= 0.3 is 6.09 Å². The van der Waals surface area contributed by atoms with Crippen LogP contribution in [0, 0.1) is 0 Å². The number of piperazine rings is 1. The number of nitrogens with zero attached hydrogens (tertiary/aromatic N) is 3. The molecule has 2 aliphatic heterocycles. The van der Waals surface area contributed by atoms with E-state index in [0.29, 0.717) is 31.3 Å². The Morgan fingerprint density at radius 2 is 1.94 bits per heavy atom. The van der Waals surface area contributed by atoms with E-state index in [-0.39, 0.29) is 36.0 Å². The minimum Gasteiger partial charge on any atom is -0.444 e. The highest BCUT2D eigenvalue weighted by Gasteiger charge is 2.42. The second-order valence-corrected chi connectivity index (χ2v) is 11.0. The standard InChI is InChI=1S/C25H38ClN3O4/c1-8-25(6)16-29(21-11-18(26)9-10-20(21)25)22(30)14-27-12-17(2)28(13-19(27)15-32-7)23(31)33-24(3,4)5/h9-11,17,19H,8,12-16H2,1-7H3/t17-,19-,25?/m1/s1. The minimum absolute atomic E-state index is 0.0368. The smallest absolute Gasteiger partial charge is 0.410 e. The van der Waals surface area contributed by atoms with Crippen molar-refractivity contribution >= 4 is 29.3 Å². The molecule has 184 valence electrons. The first-order valence-corrected chi connectivity index (χ1v) is 12.1. The van der Waals surface area contributed by atoms with Crippen LogP contribution >= 0.6 is 11.6 Å². The molecule has 8 heteroatoms. The summed E-state index contributed by atoms with van der Waals surface area (Å²) in [5.74, 6) is 0.0368. The fourth-order valence-corrected chi connectivity index (χ4v) is 4.94. The second-order valence-electron chi connectivity index (χ2n) is 10.6. The Morgan fingerprint density at radius 1 is 1.24 bits per heavy atom. The van der Waals surface area contributed by atoms with Gasteiger partial charge in [0.1, 0.15) is 5.60 Å². The molecule has 0 aromatic heterocycles. The molecule has 0 spiro atoms. The average molecular weight is 480 g/mol. The van der Waals surface area contributed by atoms with Gasteiger partial charge < -0.3 is 19.3 Å². The van der Waals surface area contributed by atoms with Crippen molar-refractivity contribution in [3.05, 3.63) is 28.8 Å². The number of ether oxygens (including phenoxy) is 2. The third-order valence-electron chi connectivity index (χ3n) is 6.77. The van der Waals surface area contributed by atoms with Crippen LogP contribution in [0.15, 0.2) is 18.2 Å². The van der Waals surface area contributed by atoms with Crippen LogP contribution in [-0.2, 0) is 19.7 Å². The highest BCUT2D eigenvalue weighted by atomic mass is 35.5. The van der Waals surface area contributed by atoms with Crippen LogP contribution < -0.4 is 4.90 Å². The minimum atomic E-state index is -0.559. The Labute approximate surface area is 202 Å². The summed E-state index contributed by atoms with van der Waals surface area (Å²) in [6.07, 6.45) is 0.604. The van der Waals surface area contributed by atoms with Gasteiger partial charge in [0.25, 0.3) is 0 Å². The summed E-state index contributed by atoms with van der Waals surface area (Å²) in [7, 11) is 1.64. The zero-order chi connectivity index (χ0) is 24.6. The van der Waals surface area contributed by atoms with Crippen LogP contribution in [0.4, 0.5) is 10.5 Å². The third-order valence-corrected chi connectivity index (χ3v) is 7.00. The number of carbonyl (C=O) groups excluding carboxylic acids is 2. The van der Waals surface area contributed by atoms with E-state index < -0.39 is 5.60 Å². The lowest BCUT2D eigenvalue weighted by Crippen LogP contribution is -2.62. The number of carbonyl (C=O) groups is 2. The number of benzene rings is 1. The molecule has 2 amide bonds. The van der Waals surface area contributed by atoms with Gasteiger partial charge in [0.05, 0.1) is 19.2 Å². The van der Waals surface area contributed by atoms with Gasteiger partial charge in [0.15, 0.2) is 0 Å². The number of hydrogen-bond donors (Lipinski definition) is 0. The molecule has 0 aliphatic carbocycles. The van der Waals surface area contributed by atoms with Gasteiger partial charge in [-0.15, -0.1) is 0 Å². The largest absolute Gasteiger partial charge is 0.444 e. The van der Waals surface area contributed by atoms with Gasteiger partial charge in [-0.2, -0.15) is 0 Å². The lowest BCUT2D eigenvalue weighted by molar-refractivity contribution is -0.121. The number of fused-ring (bicyclic) bond motifs is 1. The van der Waals surface area contributed by atoms with E-state index >= 15 is 0 Å². The summed E-state index contributed by atoms with van der Waals surface area (Å²) in [6, 6.07) is 5.66. The van der Waals surface area contributed by atoms with Gasteiger partial charge in [-0.05, 0) is 51.8 Å². The topological polar surface area (TPSA) is 62.3 Å². The molecule has 7 nitrogen and oxygen atoms in total. The molecule has 2 heterocycles. The maximum Gasteiger partial charge on any atom is 0.410 e. The van der Waals surface area contributed by atoms with Crippen molar-refractivity contribution in [2.75, 3.05) is 44.8 Å². The van der Waals surface area contributed by atoms with Gasteiger partial charge in [-0.25, -0.2) is 4.79 Å². The first-order valence-electron chi connectivity index (χ1n) is 11.7. The molecule has 1 fully saturated rings. The van der Waals surface area contributed by atoms with Crippen LogP contribution in [0.5, 0.6) is 0 Å². The summed E-state index contributed by atoms with van der Waals surface area (Å²) in [6.45, 7) is 14.3. The molecule has 1 aromatic carbocycles. The van der Waals surface area contributed by atoms with Crippen LogP contribution in [0.3, 0.4) is 0 Å². The maximum absolute atomic E-state index is 13.5. The predicted octanol–water partition coefficient (Wildman–Crippen LogP) is 4.31. The maximum atomic E-state index is 13.5. The summed E-state index contributed by atoms with van der Waals surface area (Å²) >= 11 is 6.28. The van der Waals surface area contributed by atoms with E-state index in [1.54, 1.807) is 12.0 Å². The highest BCUT2D eigenvalue weighted by Crippen LogP contribution is 2.44. The van der Waals surface area contributed by atoms with E-state index in [1.807, 2.05) is 50.8 Å². The molecule has 3 atom stereocenters. The number of methoxy groups -OCH3 is 1. The Bertz CT molecular complexity index is 887. The second kappa shape index (κ2) is 9.80. The van der Waals surface area contributed by atoms with Gasteiger partial charge in [0.2, 0.25) is 5.91 Å². The number of rotatable bonds is 5. The van der Waals surface area contributed by atoms with E-state index in [9.17, 15) is 9.59 Å². The van der Waals surface area contributed by atoms with Crippen molar-refractivity contribution in [1.82, 2.24) is 9.80 Å². The number of halogens is 1. The summed E-state index contributed by atoms with van der Waals surface area (Å²) in [4.78, 5) is 32.0. The first-order chi connectivity index (χ1) is 15.4. The van der Waals surface area contributed by atoms with E-state index in [2.05, 4.69) is 18.7 Å². The number of amides is 2. The summed E-state index contributed by atoms with van der Waals surface area (Å²) in [5.41, 5.74) is 1.42. The fraction of sp³-hybridized carbons (Fsp3) is 0.680. The molecule has 1 aromatic rings. The van der Waals surface area contributed by atoms with Crippen LogP contribution in [0.2, 0.25) is 5.02 Å². The van der Waals surface area contributed by atoms with Crippen LogP contribution in [0.25, 0.3) is 0 Å². The molecule has 1 saturated heterocycles. The van der Waals surface area contributed by atoms with Crippen molar-refractivity contribution < 1.29 is 19.1 Å². The quantitative estimate of drug-likeness (QED) is 0.629. The van der Waals surface area contributed by atoms with E-state index in [4.69, 9.17) is 21.1 Å². The van der Waals surface area contributed by atoms with Gasteiger partial charge in [-0.1, -0.05) is 31.5 Å². The predicted molar refractivity (Wildman–Crippen MR) is 131 cm³/mol. The third kappa shape index (κ3) is 5.64. The summed E-state index contributed by atoms with van der Waals surface area (Å²) < 4.78 is 11.0. The molecule has 0 bridgehead atoms. The zero-order valence-corrected chi connectivity index (χ0v) is 21.7. The van der Waals surface area contributed by atoms with Crippen molar-refractivity contribution in [3.63, 3.8) is 0 Å². The number of anilines is 1. The van der Waals surface area contributed by atoms with Gasteiger partial charge in [-0.3, -0.25) is 9.69 Å². The molecule has 0 N–H and O–H groups in total. The fourth-order valence-electron chi connectivity index (χ4n) is 4.77. The Balaban J connectivity index is 1.77. The molecule has 3 rings (SSSR count). The van der Waals surface area contributed by atoms with Crippen molar-refractivity contribution in [2.45, 2.75) is 71.1 Å². The lowest BCUT2D eigenvalue weighted by atomic mass is 9.82. The van der Waals surface area contributed by atoms with Crippen molar-refractivity contribution in [3.8, 4) is 0 Å². The monoisotopic (exact) mass is 479 g/mol. The van der Waals surface area contributed by atoms with Crippen molar-refractivity contribution in [2.24, 2.45) is 0 Å². The molecular formula is C25H38ClN3O4. The van der Waals surface area contributed by atoms with Gasteiger partial charge in [0, 0.05) is 48.9 Å². The number of hydrogen-bond acceptors (Lipinski definition) is 5.